The molecule has 0 saturated heterocycles. The van der Waals surface area contributed by atoms with E-state index in [-0.39, 0.29) is 27.5 Å². The van der Waals surface area contributed by atoms with Crippen LogP contribution in [0.15, 0.2) is 29.4 Å². The van der Waals surface area contributed by atoms with Crippen molar-refractivity contribution in [2.24, 2.45) is 0 Å². The maximum absolute atomic E-state index is 13.6. The Labute approximate surface area is 139 Å². The molecule has 0 saturated carbocycles. The smallest absolute Gasteiger partial charge is 0.344 e. The van der Waals surface area contributed by atoms with Crippen LogP contribution >= 0.6 is 23.4 Å². The van der Waals surface area contributed by atoms with Gasteiger partial charge < -0.3 is 9.84 Å². The van der Waals surface area contributed by atoms with Crippen LogP contribution in [-0.2, 0) is 10.5 Å². The van der Waals surface area contributed by atoms with Crippen LogP contribution in [0.3, 0.4) is 0 Å². The Morgan fingerprint density at radius 1 is 1.43 bits per heavy atom. The molecule has 0 aliphatic carbocycles. The van der Waals surface area contributed by atoms with Crippen LogP contribution in [0, 0.1) is 11.6 Å². The minimum Gasteiger partial charge on any atom is -0.479 e. The number of ether oxygens (including phenoxy) is 1. The fraction of sp³-hybridized carbons (Fsp3) is 0.214. The molecular formula is C14H11ClF2N2O3S. The highest BCUT2D eigenvalue weighted by Crippen LogP contribution is 2.25. The first-order valence-electron chi connectivity index (χ1n) is 6.36. The van der Waals surface area contributed by atoms with Gasteiger partial charge in [-0.15, -0.1) is 0 Å². The summed E-state index contributed by atoms with van der Waals surface area (Å²) in [6.07, 6.45) is -1.11. The van der Waals surface area contributed by atoms with Gasteiger partial charge in [-0.25, -0.2) is 18.6 Å². The average molecular weight is 361 g/mol. The lowest BCUT2D eigenvalue weighted by Crippen LogP contribution is -2.23. The Balaban J connectivity index is 2.12. The maximum Gasteiger partial charge on any atom is 0.344 e. The van der Waals surface area contributed by atoms with E-state index in [1.807, 2.05) is 0 Å². The zero-order valence-electron chi connectivity index (χ0n) is 11.8. The number of benzene rings is 1. The molecule has 1 aromatic heterocycles. The number of thioether (sulfide) groups is 1. The molecule has 0 radical (unpaired) electrons. The van der Waals surface area contributed by atoms with Gasteiger partial charge in [0, 0.05) is 17.4 Å². The number of carboxylic acids is 1. The van der Waals surface area contributed by atoms with Crippen molar-refractivity contribution in [3.63, 3.8) is 0 Å². The minimum absolute atomic E-state index is 0.0119. The Morgan fingerprint density at radius 2 is 2.17 bits per heavy atom. The van der Waals surface area contributed by atoms with Gasteiger partial charge in [-0.05, 0) is 13.0 Å². The Hall–Kier alpha value is -1.93. The first-order chi connectivity index (χ1) is 10.9. The van der Waals surface area contributed by atoms with Gasteiger partial charge in [0.25, 0.3) is 0 Å². The van der Waals surface area contributed by atoms with E-state index in [1.165, 1.54) is 25.1 Å². The van der Waals surface area contributed by atoms with E-state index in [0.717, 1.165) is 17.8 Å². The van der Waals surface area contributed by atoms with Gasteiger partial charge in [-0.1, -0.05) is 35.5 Å². The fourth-order valence-electron chi connectivity index (χ4n) is 1.54. The molecule has 23 heavy (non-hydrogen) atoms. The van der Waals surface area contributed by atoms with Crippen molar-refractivity contribution in [1.82, 2.24) is 9.97 Å². The number of aromatic nitrogens is 2. The van der Waals surface area contributed by atoms with E-state index in [9.17, 15) is 13.6 Å². The molecule has 0 bridgehead atoms. The van der Waals surface area contributed by atoms with Gasteiger partial charge in [0.05, 0.1) is 0 Å². The Morgan fingerprint density at radius 3 is 2.87 bits per heavy atom. The summed E-state index contributed by atoms with van der Waals surface area (Å²) in [6.45, 7) is 1.34. The summed E-state index contributed by atoms with van der Waals surface area (Å²) in [7, 11) is 0. The van der Waals surface area contributed by atoms with Crippen LogP contribution in [0.4, 0.5) is 8.78 Å². The summed E-state index contributed by atoms with van der Waals surface area (Å²) in [4.78, 5) is 18.7. The molecule has 1 aromatic carbocycles. The lowest BCUT2D eigenvalue weighted by atomic mass is 10.2. The van der Waals surface area contributed by atoms with Crippen LogP contribution in [0.2, 0.25) is 5.15 Å². The molecule has 1 heterocycles. The molecule has 9 heteroatoms. The second-order valence-corrected chi connectivity index (χ2v) is 5.74. The molecule has 0 amide bonds. The van der Waals surface area contributed by atoms with E-state index in [2.05, 4.69) is 9.97 Å². The summed E-state index contributed by atoms with van der Waals surface area (Å²) < 4.78 is 31.8. The second kappa shape index (κ2) is 7.56. The summed E-state index contributed by atoms with van der Waals surface area (Å²) in [5.74, 6) is -2.96. The number of nitrogens with zero attached hydrogens (tertiary/aromatic N) is 2. The van der Waals surface area contributed by atoms with Crippen LogP contribution in [0.1, 0.15) is 12.5 Å². The lowest BCUT2D eigenvalue weighted by molar-refractivity contribution is -0.144. The SMILES string of the molecule is C[C@@H](Oc1cc(Cl)nc(SCc2cccc(F)c2F)n1)C(=O)O. The van der Waals surface area contributed by atoms with Crippen molar-refractivity contribution >= 4 is 29.3 Å². The molecule has 122 valence electrons. The number of hydrogen-bond donors (Lipinski definition) is 1. The normalized spacial score (nSPS) is 12.0. The largest absolute Gasteiger partial charge is 0.479 e. The Bertz CT molecular complexity index is 733. The van der Waals surface area contributed by atoms with Crippen molar-refractivity contribution in [2.45, 2.75) is 23.9 Å². The Kier molecular flexibility index (Phi) is 5.73. The van der Waals surface area contributed by atoms with Crippen LogP contribution in [0.25, 0.3) is 0 Å². The standard InChI is InChI=1S/C14H11ClF2N2O3S/c1-7(13(20)21)22-11-5-10(15)18-14(19-11)23-6-8-3-2-4-9(16)12(8)17/h2-5,7H,6H2,1H3,(H,20,21)/t7-/m1/s1. The van der Waals surface area contributed by atoms with Crippen LogP contribution < -0.4 is 4.74 Å². The van der Waals surface area contributed by atoms with Gasteiger partial charge in [0.1, 0.15) is 5.15 Å². The lowest BCUT2D eigenvalue weighted by Gasteiger charge is -2.10. The van der Waals surface area contributed by atoms with Gasteiger partial charge in [-0.3, -0.25) is 0 Å². The summed E-state index contributed by atoms with van der Waals surface area (Å²) in [6, 6.07) is 5.14. The quantitative estimate of drug-likeness (QED) is 0.482. The third kappa shape index (κ3) is 4.77. The maximum atomic E-state index is 13.6. The van der Waals surface area contributed by atoms with Crippen LogP contribution in [0.5, 0.6) is 5.88 Å². The van der Waals surface area contributed by atoms with Gasteiger partial charge in [0.2, 0.25) is 5.88 Å². The molecule has 0 unspecified atom stereocenters. The highest BCUT2D eigenvalue weighted by atomic mass is 35.5. The summed E-state index contributed by atoms with van der Waals surface area (Å²) >= 11 is 6.84. The highest BCUT2D eigenvalue weighted by Gasteiger charge is 2.15. The number of rotatable bonds is 6. The molecule has 0 spiro atoms. The molecule has 0 fully saturated rings. The molecule has 5 nitrogen and oxygen atoms in total. The molecular weight excluding hydrogens is 350 g/mol. The van der Waals surface area contributed by atoms with Gasteiger partial charge in [0.15, 0.2) is 22.9 Å². The number of carbonyl (C=O) groups is 1. The van der Waals surface area contributed by atoms with E-state index in [0.29, 0.717) is 0 Å². The third-order valence-corrected chi connectivity index (χ3v) is 3.77. The van der Waals surface area contributed by atoms with Crippen molar-refractivity contribution in [3.8, 4) is 5.88 Å². The van der Waals surface area contributed by atoms with Gasteiger partial charge in [-0.2, -0.15) is 4.98 Å². The predicted molar refractivity (Wildman–Crippen MR) is 80.7 cm³/mol. The average Bonchev–Trinajstić information content (AvgIpc) is 2.48. The number of aliphatic carboxylic acids is 1. The fourth-order valence-corrected chi connectivity index (χ4v) is 2.58. The molecule has 1 atom stereocenters. The summed E-state index contributed by atoms with van der Waals surface area (Å²) in [5.41, 5.74) is 0.153. The van der Waals surface area contributed by atoms with E-state index >= 15 is 0 Å². The molecule has 2 aromatic rings. The van der Waals surface area contributed by atoms with Crippen molar-refractivity contribution < 1.29 is 23.4 Å². The van der Waals surface area contributed by atoms with Crippen molar-refractivity contribution in [3.05, 3.63) is 46.6 Å². The highest BCUT2D eigenvalue weighted by molar-refractivity contribution is 7.98. The first-order valence-corrected chi connectivity index (χ1v) is 7.73. The first kappa shape index (κ1) is 17.4. The molecule has 0 aliphatic rings. The molecule has 2 rings (SSSR count). The zero-order valence-corrected chi connectivity index (χ0v) is 13.4. The second-order valence-electron chi connectivity index (χ2n) is 4.41. The van der Waals surface area contributed by atoms with Crippen LogP contribution in [-0.4, -0.2) is 27.1 Å². The number of halogens is 3. The molecule has 0 aliphatic heterocycles. The van der Waals surface area contributed by atoms with E-state index in [4.69, 9.17) is 21.4 Å². The topological polar surface area (TPSA) is 72.3 Å². The van der Waals surface area contributed by atoms with E-state index in [1.54, 1.807) is 0 Å². The zero-order chi connectivity index (χ0) is 17.0. The summed E-state index contributed by atoms with van der Waals surface area (Å²) in [5, 5.41) is 9.02. The van der Waals surface area contributed by atoms with E-state index < -0.39 is 23.7 Å². The third-order valence-electron chi connectivity index (χ3n) is 2.68. The monoisotopic (exact) mass is 360 g/mol. The van der Waals surface area contributed by atoms with Gasteiger partial charge >= 0.3 is 5.97 Å². The van der Waals surface area contributed by atoms with Crippen molar-refractivity contribution in [2.75, 3.05) is 0 Å². The molecule has 1 N–H and O–H groups in total. The van der Waals surface area contributed by atoms with Crippen molar-refractivity contribution in [1.29, 1.82) is 0 Å². The number of hydrogen-bond acceptors (Lipinski definition) is 5. The minimum atomic E-state index is -1.16. The predicted octanol–water partition coefficient (Wildman–Crippen LogP) is 3.55. The number of carboxylic acid groups (broad SMARTS) is 1.